The summed E-state index contributed by atoms with van der Waals surface area (Å²) in [6, 6.07) is 18.2. The maximum atomic E-state index is 11.7. The van der Waals surface area contributed by atoms with Gasteiger partial charge in [-0.2, -0.15) is 0 Å². The summed E-state index contributed by atoms with van der Waals surface area (Å²) < 4.78 is 5.12. The Hall–Kier alpha value is -2.33. The van der Waals surface area contributed by atoms with Crippen molar-refractivity contribution in [3.05, 3.63) is 71.8 Å². The first kappa shape index (κ1) is 15.1. The molecule has 0 saturated heterocycles. The van der Waals surface area contributed by atoms with Gasteiger partial charge in [0.15, 0.2) is 0 Å². The molecular formula is C17H19NO3. The number of aliphatic hydroxyl groups is 1. The Morgan fingerprint density at radius 3 is 2.29 bits per heavy atom. The number of carbonyl (C=O) groups is 1. The summed E-state index contributed by atoms with van der Waals surface area (Å²) >= 11 is 0. The van der Waals surface area contributed by atoms with E-state index in [0.29, 0.717) is 0 Å². The summed E-state index contributed by atoms with van der Waals surface area (Å²) in [7, 11) is 0. The third-order valence-corrected chi connectivity index (χ3v) is 3.17. The van der Waals surface area contributed by atoms with E-state index in [0.717, 1.165) is 11.1 Å². The lowest BCUT2D eigenvalue weighted by Crippen LogP contribution is -2.37. The molecule has 4 nitrogen and oxygen atoms in total. The monoisotopic (exact) mass is 285 g/mol. The highest BCUT2D eigenvalue weighted by Crippen LogP contribution is 2.16. The van der Waals surface area contributed by atoms with Crippen molar-refractivity contribution in [1.82, 2.24) is 5.32 Å². The maximum absolute atomic E-state index is 11.7. The second-order valence-electron chi connectivity index (χ2n) is 4.85. The average Bonchev–Trinajstić information content (AvgIpc) is 2.54. The summed E-state index contributed by atoms with van der Waals surface area (Å²) in [5.41, 5.74) is 1.68. The molecule has 21 heavy (non-hydrogen) atoms. The molecule has 2 N–H and O–H groups in total. The van der Waals surface area contributed by atoms with Gasteiger partial charge in [-0.3, -0.25) is 0 Å². The molecule has 0 spiro atoms. The highest BCUT2D eigenvalue weighted by molar-refractivity contribution is 5.67. The number of aliphatic hydroxyl groups excluding tert-OH is 1. The van der Waals surface area contributed by atoms with Gasteiger partial charge in [0, 0.05) is 0 Å². The average molecular weight is 285 g/mol. The first-order valence-electron chi connectivity index (χ1n) is 6.87. The summed E-state index contributed by atoms with van der Waals surface area (Å²) in [5, 5.41) is 12.8. The van der Waals surface area contributed by atoms with Crippen LogP contribution in [0.3, 0.4) is 0 Å². The second kappa shape index (κ2) is 7.45. The SMILES string of the molecule is CC(NC(=O)OCc1ccccc1)C(O)c1ccccc1. The molecule has 2 atom stereocenters. The Morgan fingerprint density at radius 2 is 1.67 bits per heavy atom. The minimum Gasteiger partial charge on any atom is -0.445 e. The van der Waals surface area contributed by atoms with Crippen molar-refractivity contribution in [2.45, 2.75) is 25.7 Å². The first-order valence-corrected chi connectivity index (χ1v) is 6.87. The van der Waals surface area contributed by atoms with Gasteiger partial charge in [-0.05, 0) is 18.1 Å². The molecule has 2 rings (SSSR count). The predicted molar refractivity (Wildman–Crippen MR) is 80.6 cm³/mol. The van der Waals surface area contributed by atoms with Crippen molar-refractivity contribution in [3.8, 4) is 0 Å². The fraction of sp³-hybridized carbons (Fsp3) is 0.235. The van der Waals surface area contributed by atoms with Gasteiger partial charge >= 0.3 is 6.09 Å². The molecule has 0 aliphatic rings. The minimum atomic E-state index is -0.768. The van der Waals surface area contributed by atoms with Crippen LogP contribution in [-0.4, -0.2) is 17.2 Å². The summed E-state index contributed by atoms with van der Waals surface area (Å²) in [6.07, 6.45) is -1.31. The zero-order valence-corrected chi connectivity index (χ0v) is 11.9. The molecule has 1 amide bonds. The van der Waals surface area contributed by atoms with Crippen molar-refractivity contribution >= 4 is 6.09 Å². The molecular weight excluding hydrogens is 266 g/mol. The zero-order valence-electron chi connectivity index (χ0n) is 11.9. The summed E-state index contributed by atoms with van der Waals surface area (Å²) in [6.45, 7) is 1.95. The van der Waals surface area contributed by atoms with Crippen molar-refractivity contribution < 1.29 is 14.6 Å². The first-order chi connectivity index (χ1) is 10.2. The van der Waals surface area contributed by atoms with Crippen LogP contribution in [-0.2, 0) is 11.3 Å². The van der Waals surface area contributed by atoms with Gasteiger partial charge in [0.2, 0.25) is 0 Å². The number of hydrogen-bond acceptors (Lipinski definition) is 3. The van der Waals surface area contributed by atoms with E-state index in [1.807, 2.05) is 60.7 Å². The Balaban J connectivity index is 1.82. The molecule has 0 heterocycles. The topological polar surface area (TPSA) is 58.6 Å². The standard InChI is InChI=1S/C17H19NO3/c1-13(16(19)15-10-6-3-7-11-15)18-17(20)21-12-14-8-4-2-5-9-14/h2-11,13,16,19H,12H2,1H3,(H,18,20). The van der Waals surface area contributed by atoms with Crippen LogP contribution in [0.1, 0.15) is 24.2 Å². The molecule has 0 aromatic heterocycles. The van der Waals surface area contributed by atoms with Crippen LogP contribution in [0.4, 0.5) is 4.79 Å². The van der Waals surface area contributed by atoms with Crippen LogP contribution in [0.25, 0.3) is 0 Å². The Bertz CT molecular complexity index is 557. The largest absolute Gasteiger partial charge is 0.445 e. The molecule has 0 aliphatic carbocycles. The van der Waals surface area contributed by atoms with Crippen LogP contribution < -0.4 is 5.32 Å². The number of carbonyl (C=O) groups excluding carboxylic acids is 1. The van der Waals surface area contributed by atoms with Gasteiger partial charge in [-0.1, -0.05) is 60.7 Å². The van der Waals surface area contributed by atoms with E-state index in [4.69, 9.17) is 4.74 Å². The highest BCUT2D eigenvalue weighted by atomic mass is 16.5. The van der Waals surface area contributed by atoms with Crippen LogP contribution in [0, 0.1) is 0 Å². The number of amides is 1. The lowest BCUT2D eigenvalue weighted by atomic mass is 10.0. The zero-order chi connectivity index (χ0) is 15.1. The fourth-order valence-corrected chi connectivity index (χ4v) is 1.97. The third-order valence-electron chi connectivity index (χ3n) is 3.17. The summed E-state index contributed by atoms with van der Waals surface area (Å²) in [5.74, 6) is 0. The summed E-state index contributed by atoms with van der Waals surface area (Å²) in [4.78, 5) is 11.7. The van der Waals surface area contributed by atoms with Gasteiger partial charge in [-0.25, -0.2) is 4.79 Å². The predicted octanol–water partition coefficient (Wildman–Crippen LogP) is 3.03. The van der Waals surface area contributed by atoms with E-state index in [1.165, 1.54) is 0 Å². The van der Waals surface area contributed by atoms with Gasteiger partial charge in [0.05, 0.1) is 12.1 Å². The van der Waals surface area contributed by atoms with Crippen molar-refractivity contribution in [2.75, 3.05) is 0 Å². The molecule has 0 fully saturated rings. The van der Waals surface area contributed by atoms with E-state index >= 15 is 0 Å². The number of hydrogen-bond donors (Lipinski definition) is 2. The van der Waals surface area contributed by atoms with E-state index in [9.17, 15) is 9.90 Å². The molecule has 0 radical (unpaired) electrons. The van der Waals surface area contributed by atoms with Crippen LogP contribution in [0.5, 0.6) is 0 Å². The van der Waals surface area contributed by atoms with Gasteiger partial charge < -0.3 is 15.2 Å². The molecule has 0 bridgehead atoms. The number of ether oxygens (including phenoxy) is 1. The van der Waals surface area contributed by atoms with Crippen LogP contribution in [0.2, 0.25) is 0 Å². The second-order valence-corrected chi connectivity index (χ2v) is 4.85. The van der Waals surface area contributed by atoms with Gasteiger partial charge in [0.25, 0.3) is 0 Å². The van der Waals surface area contributed by atoms with E-state index in [1.54, 1.807) is 6.92 Å². The molecule has 0 saturated carbocycles. The third kappa shape index (κ3) is 4.61. The number of nitrogens with one attached hydrogen (secondary N) is 1. The van der Waals surface area contributed by atoms with E-state index < -0.39 is 18.2 Å². The van der Waals surface area contributed by atoms with Crippen molar-refractivity contribution in [3.63, 3.8) is 0 Å². The van der Waals surface area contributed by atoms with Gasteiger partial charge in [0.1, 0.15) is 6.61 Å². The van der Waals surface area contributed by atoms with Crippen LogP contribution in [0.15, 0.2) is 60.7 Å². The van der Waals surface area contributed by atoms with Crippen molar-refractivity contribution in [1.29, 1.82) is 0 Å². The molecule has 2 aromatic rings. The van der Waals surface area contributed by atoms with Crippen molar-refractivity contribution in [2.24, 2.45) is 0 Å². The molecule has 2 unspecified atom stereocenters. The Labute approximate surface area is 124 Å². The fourth-order valence-electron chi connectivity index (χ4n) is 1.97. The molecule has 4 heteroatoms. The van der Waals surface area contributed by atoms with Gasteiger partial charge in [-0.15, -0.1) is 0 Å². The smallest absolute Gasteiger partial charge is 0.407 e. The molecule has 110 valence electrons. The Morgan fingerprint density at radius 1 is 1.10 bits per heavy atom. The van der Waals surface area contributed by atoms with E-state index in [-0.39, 0.29) is 6.61 Å². The molecule has 0 aliphatic heterocycles. The molecule has 2 aromatic carbocycles. The number of benzene rings is 2. The maximum Gasteiger partial charge on any atom is 0.407 e. The minimum absolute atomic E-state index is 0.209. The lowest BCUT2D eigenvalue weighted by molar-refractivity contribution is 0.106. The number of rotatable bonds is 5. The van der Waals surface area contributed by atoms with Crippen LogP contribution >= 0.6 is 0 Å². The lowest BCUT2D eigenvalue weighted by Gasteiger charge is -2.20. The Kier molecular flexibility index (Phi) is 5.35. The normalized spacial score (nSPS) is 13.2. The highest BCUT2D eigenvalue weighted by Gasteiger charge is 2.18. The quantitative estimate of drug-likeness (QED) is 0.887. The number of alkyl carbamates (subject to hydrolysis) is 1. The van der Waals surface area contributed by atoms with E-state index in [2.05, 4.69) is 5.32 Å².